The quantitative estimate of drug-likeness (QED) is 0.460. The van der Waals surface area contributed by atoms with E-state index in [2.05, 4.69) is 20.3 Å². The van der Waals surface area contributed by atoms with Gasteiger partial charge in [-0.15, -0.1) is 0 Å². The maximum atomic E-state index is 13.9. The largest absolute Gasteiger partial charge is 0.470 e. The molecule has 0 aliphatic heterocycles. The molecule has 7 nitrogen and oxygen atoms in total. The lowest BCUT2D eigenvalue weighted by Crippen LogP contribution is -2.43. The van der Waals surface area contributed by atoms with Gasteiger partial charge in [-0.1, -0.05) is 29.8 Å². The third-order valence-electron chi connectivity index (χ3n) is 5.59. The Kier molecular flexibility index (Phi) is 6.95. The summed E-state index contributed by atoms with van der Waals surface area (Å²) in [6, 6.07) is 11.3. The molecular formula is C24H22ClF3N4O3. The number of nitrogens with one attached hydrogen (secondary N) is 1. The lowest BCUT2D eigenvalue weighted by Gasteiger charge is -2.23. The average Bonchev–Trinajstić information content (AvgIpc) is 3.67. The van der Waals surface area contributed by atoms with Crippen LogP contribution in [0.3, 0.4) is 0 Å². The molecule has 1 aromatic carbocycles. The Labute approximate surface area is 204 Å². The van der Waals surface area contributed by atoms with Gasteiger partial charge in [0.2, 0.25) is 5.88 Å². The first-order valence-corrected chi connectivity index (χ1v) is 11.2. The first-order valence-electron chi connectivity index (χ1n) is 10.8. The standard InChI is InChI=1S/C24H22ClF3N4O3/c1-23(34,15-8-9-15)13-30-21(33)19-20(24(26,27)28)32-22(35-12-17-7-2-3-10-29-17)18(31-19)14-5-4-6-16(25)11-14/h2-7,10-11,15,34H,8-9,12-13H2,1H3,(H,30,33). The van der Waals surface area contributed by atoms with Crippen molar-refractivity contribution in [3.8, 4) is 17.1 Å². The van der Waals surface area contributed by atoms with E-state index < -0.39 is 35.0 Å². The molecule has 1 unspecified atom stereocenters. The third-order valence-corrected chi connectivity index (χ3v) is 5.83. The molecule has 1 amide bonds. The van der Waals surface area contributed by atoms with Gasteiger partial charge in [0.1, 0.15) is 12.3 Å². The van der Waals surface area contributed by atoms with Crippen LogP contribution in [0.2, 0.25) is 5.02 Å². The predicted octanol–water partition coefficient (Wildman–Crippen LogP) is 4.68. The zero-order chi connectivity index (χ0) is 25.2. The van der Waals surface area contributed by atoms with E-state index in [0.29, 0.717) is 16.3 Å². The maximum Gasteiger partial charge on any atom is 0.435 e. The summed E-state index contributed by atoms with van der Waals surface area (Å²) in [6.07, 6.45) is -1.89. The fourth-order valence-electron chi connectivity index (χ4n) is 3.52. The van der Waals surface area contributed by atoms with Crippen LogP contribution in [0.5, 0.6) is 5.88 Å². The van der Waals surface area contributed by atoms with Crippen molar-refractivity contribution in [1.82, 2.24) is 20.3 Å². The van der Waals surface area contributed by atoms with E-state index in [1.54, 1.807) is 36.4 Å². The second-order valence-electron chi connectivity index (χ2n) is 8.51. The molecule has 0 bridgehead atoms. The zero-order valence-corrected chi connectivity index (χ0v) is 19.4. The highest BCUT2D eigenvalue weighted by Gasteiger charge is 2.42. The van der Waals surface area contributed by atoms with Crippen LogP contribution in [0.15, 0.2) is 48.7 Å². The van der Waals surface area contributed by atoms with E-state index in [9.17, 15) is 23.1 Å². The third kappa shape index (κ3) is 6.07. The number of amides is 1. The molecule has 2 N–H and O–H groups in total. The fourth-order valence-corrected chi connectivity index (χ4v) is 3.71. The van der Waals surface area contributed by atoms with E-state index in [4.69, 9.17) is 16.3 Å². The number of carbonyl (C=O) groups is 1. The molecule has 1 fully saturated rings. The van der Waals surface area contributed by atoms with Crippen molar-refractivity contribution in [3.63, 3.8) is 0 Å². The number of aromatic nitrogens is 3. The van der Waals surface area contributed by atoms with Gasteiger partial charge in [0.25, 0.3) is 5.91 Å². The van der Waals surface area contributed by atoms with Crippen molar-refractivity contribution in [2.24, 2.45) is 5.92 Å². The van der Waals surface area contributed by atoms with Crippen LogP contribution in [-0.2, 0) is 12.8 Å². The summed E-state index contributed by atoms with van der Waals surface area (Å²) >= 11 is 6.08. The molecule has 2 heterocycles. The van der Waals surface area contributed by atoms with Gasteiger partial charge in [-0.2, -0.15) is 13.2 Å². The van der Waals surface area contributed by atoms with Crippen molar-refractivity contribution in [3.05, 3.63) is 70.8 Å². The number of pyridine rings is 1. The van der Waals surface area contributed by atoms with Gasteiger partial charge in [0.05, 0.1) is 11.3 Å². The topological polar surface area (TPSA) is 97.2 Å². The second-order valence-corrected chi connectivity index (χ2v) is 8.94. The number of hydrogen-bond acceptors (Lipinski definition) is 6. The van der Waals surface area contributed by atoms with Crippen LogP contribution in [0, 0.1) is 5.92 Å². The highest BCUT2D eigenvalue weighted by molar-refractivity contribution is 6.30. The van der Waals surface area contributed by atoms with Gasteiger partial charge in [-0.05, 0) is 49.9 Å². The van der Waals surface area contributed by atoms with Crippen molar-refractivity contribution < 1.29 is 27.8 Å². The molecular weight excluding hydrogens is 485 g/mol. The number of rotatable bonds is 8. The molecule has 2 aromatic heterocycles. The second kappa shape index (κ2) is 9.79. The van der Waals surface area contributed by atoms with Crippen LogP contribution in [0.25, 0.3) is 11.3 Å². The highest BCUT2D eigenvalue weighted by atomic mass is 35.5. The molecule has 35 heavy (non-hydrogen) atoms. The fraction of sp³-hybridized carbons (Fsp3) is 0.333. The monoisotopic (exact) mass is 506 g/mol. The van der Waals surface area contributed by atoms with Crippen molar-refractivity contribution in [2.45, 2.75) is 38.1 Å². The number of benzene rings is 1. The molecule has 4 rings (SSSR count). The van der Waals surface area contributed by atoms with Gasteiger partial charge in [0.15, 0.2) is 11.4 Å². The summed E-state index contributed by atoms with van der Waals surface area (Å²) in [4.78, 5) is 24.6. The Morgan fingerprint density at radius 1 is 1.20 bits per heavy atom. The minimum Gasteiger partial charge on any atom is -0.470 e. The number of nitrogens with zero attached hydrogens (tertiary/aromatic N) is 3. The summed E-state index contributed by atoms with van der Waals surface area (Å²) < 4.78 is 47.4. The number of ether oxygens (including phenoxy) is 1. The Morgan fingerprint density at radius 2 is 1.97 bits per heavy atom. The molecule has 11 heteroatoms. The van der Waals surface area contributed by atoms with Crippen molar-refractivity contribution >= 4 is 17.5 Å². The minimum absolute atomic E-state index is 0.0136. The molecule has 1 atom stereocenters. The predicted molar refractivity (Wildman–Crippen MR) is 122 cm³/mol. The van der Waals surface area contributed by atoms with E-state index in [-0.39, 0.29) is 24.8 Å². The Hall–Kier alpha value is -3.24. The molecule has 1 aliphatic rings. The molecule has 0 spiro atoms. The van der Waals surface area contributed by atoms with E-state index in [1.807, 2.05) is 0 Å². The molecule has 1 saturated carbocycles. The Bertz CT molecular complexity index is 1220. The Balaban J connectivity index is 1.74. The molecule has 184 valence electrons. The Morgan fingerprint density at radius 3 is 2.60 bits per heavy atom. The van der Waals surface area contributed by atoms with Crippen LogP contribution < -0.4 is 10.1 Å². The number of hydrogen-bond donors (Lipinski definition) is 2. The molecule has 3 aromatic rings. The van der Waals surface area contributed by atoms with Crippen molar-refractivity contribution in [1.29, 1.82) is 0 Å². The summed E-state index contributed by atoms with van der Waals surface area (Å²) in [5, 5.41) is 13.1. The first-order chi connectivity index (χ1) is 16.5. The normalized spacial score (nSPS) is 15.4. The molecule has 0 radical (unpaired) electrons. The number of carbonyl (C=O) groups excluding carboxylic acids is 1. The first kappa shape index (κ1) is 24.9. The number of halogens is 4. The van der Waals surface area contributed by atoms with E-state index >= 15 is 0 Å². The van der Waals surface area contributed by atoms with E-state index in [0.717, 1.165) is 12.8 Å². The smallest absolute Gasteiger partial charge is 0.435 e. The minimum atomic E-state index is -4.99. The number of aliphatic hydroxyl groups is 1. The number of alkyl halides is 3. The van der Waals surface area contributed by atoms with Crippen LogP contribution in [-0.4, -0.2) is 38.1 Å². The van der Waals surface area contributed by atoms with Crippen LogP contribution in [0.4, 0.5) is 13.2 Å². The van der Waals surface area contributed by atoms with Gasteiger partial charge >= 0.3 is 6.18 Å². The summed E-state index contributed by atoms with van der Waals surface area (Å²) in [6.45, 7) is 1.14. The zero-order valence-electron chi connectivity index (χ0n) is 18.6. The maximum absolute atomic E-state index is 13.9. The van der Waals surface area contributed by atoms with Gasteiger partial charge in [0, 0.05) is 23.3 Å². The van der Waals surface area contributed by atoms with Crippen LogP contribution >= 0.6 is 11.6 Å². The SMILES string of the molecule is CC(O)(CNC(=O)c1nc(-c2cccc(Cl)c2)c(OCc2ccccn2)nc1C(F)(F)F)C1CC1. The van der Waals surface area contributed by atoms with Gasteiger partial charge in [-0.3, -0.25) is 9.78 Å². The van der Waals surface area contributed by atoms with Gasteiger partial charge < -0.3 is 15.2 Å². The molecule has 0 saturated heterocycles. The average molecular weight is 507 g/mol. The summed E-state index contributed by atoms with van der Waals surface area (Å²) in [7, 11) is 0. The summed E-state index contributed by atoms with van der Waals surface area (Å²) in [5.41, 5.74) is -2.97. The van der Waals surface area contributed by atoms with Crippen LogP contribution in [0.1, 0.15) is 41.6 Å². The van der Waals surface area contributed by atoms with Crippen molar-refractivity contribution in [2.75, 3.05) is 6.54 Å². The lowest BCUT2D eigenvalue weighted by atomic mass is 10.0. The van der Waals surface area contributed by atoms with Gasteiger partial charge in [-0.25, -0.2) is 9.97 Å². The van der Waals surface area contributed by atoms with E-state index in [1.165, 1.54) is 19.2 Å². The highest BCUT2D eigenvalue weighted by Crippen LogP contribution is 2.39. The lowest BCUT2D eigenvalue weighted by molar-refractivity contribution is -0.142. The summed E-state index contributed by atoms with van der Waals surface area (Å²) in [5.74, 6) is -1.54. The molecule has 1 aliphatic carbocycles.